The first-order chi connectivity index (χ1) is 11.7. The summed E-state index contributed by atoms with van der Waals surface area (Å²) < 4.78 is 1.86. The molecule has 7 heteroatoms. The summed E-state index contributed by atoms with van der Waals surface area (Å²) in [5, 5.41) is 4.40. The first-order valence-electron chi connectivity index (χ1n) is 7.98. The van der Waals surface area contributed by atoms with E-state index in [2.05, 4.69) is 26.0 Å². The van der Waals surface area contributed by atoms with Crippen molar-refractivity contribution in [2.45, 2.75) is 6.92 Å². The maximum absolute atomic E-state index is 11.5. The largest absolute Gasteiger partial charge is 0.353 e. The fourth-order valence-electron chi connectivity index (χ4n) is 3.04. The van der Waals surface area contributed by atoms with Gasteiger partial charge in [-0.1, -0.05) is 0 Å². The van der Waals surface area contributed by atoms with Crippen molar-refractivity contribution in [3.8, 4) is 11.3 Å². The Labute approximate surface area is 139 Å². The van der Waals surface area contributed by atoms with Crippen LogP contribution in [0.4, 0.5) is 5.82 Å². The molecule has 0 aromatic carbocycles. The van der Waals surface area contributed by atoms with Crippen LogP contribution in [0.25, 0.3) is 16.9 Å². The summed E-state index contributed by atoms with van der Waals surface area (Å²) >= 11 is 0. The van der Waals surface area contributed by atoms with Crippen LogP contribution in [0.1, 0.15) is 6.92 Å². The van der Waals surface area contributed by atoms with E-state index in [4.69, 9.17) is 0 Å². The van der Waals surface area contributed by atoms with E-state index < -0.39 is 0 Å². The van der Waals surface area contributed by atoms with Gasteiger partial charge in [-0.05, 0) is 12.1 Å². The van der Waals surface area contributed by atoms with Crippen LogP contribution in [0.2, 0.25) is 0 Å². The molecule has 0 bridgehead atoms. The minimum absolute atomic E-state index is 0.131. The van der Waals surface area contributed by atoms with Gasteiger partial charge in [-0.25, -0.2) is 4.98 Å². The third-order valence-electron chi connectivity index (χ3n) is 4.37. The smallest absolute Gasteiger partial charge is 0.219 e. The van der Waals surface area contributed by atoms with Crippen LogP contribution >= 0.6 is 0 Å². The third kappa shape index (κ3) is 2.58. The van der Waals surface area contributed by atoms with Crippen molar-refractivity contribution in [3.63, 3.8) is 0 Å². The van der Waals surface area contributed by atoms with Gasteiger partial charge in [0.2, 0.25) is 5.91 Å². The molecule has 3 aromatic heterocycles. The zero-order chi connectivity index (χ0) is 16.5. The van der Waals surface area contributed by atoms with Crippen LogP contribution in [0.3, 0.4) is 0 Å². The molecule has 1 amide bonds. The van der Waals surface area contributed by atoms with E-state index in [1.54, 1.807) is 25.5 Å². The number of anilines is 1. The number of hydrogen-bond donors (Lipinski definition) is 0. The van der Waals surface area contributed by atoms with Crippen LogP contribution in [-0.2, 0) is 4.79 Å². The van der Waals surface area contributed by atoms with E-state index in [0.717, 1.165) is 48.9 Å². The predicted molar refractivity (Wildman–Crippen MR) is 90.7 cm³/mol. The SMILES string of the molecule is CC(=O)N1CCN(c2cc(-c3ccncc3)nc3ccnn23)CC1. The van der Waals surface area contributed by atoms with Crippen molar-refractivity contribution in [1.29, 1.82) is 0 Å². The van der Waals surface area contributed by atoms with Crippen LogP contribution in [0.15, 0.2) is 42.9 Å². The molecule has 1 fully saturated rings. The Kier molecular flexibility index (Phi) is 3.60. The lowest BCUT2D eigenvalue weighted by molar-refractivity contribution is -0.129. The molecule has 0 radical (unpaired) electrons. The molecule has 7 nitrogen and oxygen atoms in total. The second-order valence-electron chi connectivity index (χ2n) is 5.83. The highest BCUT2D eigenvalue weighted by Crippen LogP contribution is 2.24. The highest BCUT2D eigenvalue weighted by atomic mass is 16.2. The molecule has 4 rings (SSSR count). The average Bonchev–Trinajstić information content (AvgIpc) is 3.10. The lowest BCUT2D eigenvalue weighted by Crippen LogP contribution is -2.48. The van der Waals surface area contributed by atoms with Crippen LogP contribution < -0.4 is 4.90 Å². The topological polar surface area (TPSA) is 66.6 Å². The monoisotopic (exact) mass is 322 g/mol. The highest BCUT2D eigenvalue weighted by molar-refractivity contribution is 5.73. The minimum Gasteiger partial charge on any atom is -0.353 e. The van der Waals surface area contributed by atoms with Crippen LogP contribution in [0, 0.1) is 0 Å². The standard InChI is InChI=1S/C17H18N6O/c1-13(24)21-8-10-22(11-9-21)17-12-15(14-2-5-18-6-3-14)20-16-4-7-19-23(16)17/h2-7,12H,8-11H2,1H3. The fourth-order valence-corrected chi connectivity index (χ4v) is 3.04. The summed E-state index contributed by atoms with van der Waals surface area (Å²) in [6.07, 6.45) is 5.29. The molecule has 3 aromatic rings. The molecule has 24 heavy (non-hydrogen) atoms. The molecule has 0 saturated carbocycles. The Morgan fingerprint density at radius 1 is 1.04 bits per heavy atom. The Hall–Kier alpha value is -2.96. The molecule has 122 valence electrons. The molecular formula is C17H18N6O. The molecular weight excluding hydrogens is 304 g/mol. The molecule has 1 aliphatic heterocycles. The van der Waals surface area contributed by atoms with Gasteiger partial charge in [0.15, 0.2) is 5.65 Å². The van der Waals surface area contributed by atoms with Crippen molar-refractivity contribution in [2.24, 2.45) is 0 Å². The van der Waals surface area contributed by atoms with Crippen molar-refractivity contribution in [3.05, 3.63) is 42.9 Å². The normalized spacial score (nSPS) is 15.0. The van der Waals surface area contributed by atoms with Crippen molar-refractivity contribution < 1.29 is 4.79 Å². The Balaban J connectivity index is 1.72. The summed E-state index contributed by atoms with van der Waals surface area (Å²) in [6.45, 7) is 4.65. The molecule has 1 saturated heterocycles. The van der Waals surface area contributed by atoms with Gasteiger partial charge in [0.1, 0.15) is 5.82 Å². The first kappa shape index (κ1) is 14.6. The van der Waals surface area contributed by atoms with Gasteiger partial charge in [0.25, 0.3) is 0 Å². The Morgan fingerprint density at radius 3 is 2.50 bits per heavy atom. The summed E-state index contributed by atoms with van der Waals surface area (Å²) in [4.78, 5) is 24.4. The maximum Gasteiger partial charge on any atom is 0.219 e. The van der Waals surface area contributed by atoms with E-state index in [1.165, 1.54) is 0 Å². The van der Waals surface area contributed by atoms with Gasteiger partial charge >= 0.3 is 0 Å². The van der Waals surface area contributed by atoms with Crippen LogP contribution in [-0.4, -0.2) is 56.6 Å². The number of carbonyl (C=O) groups is 1. The fraction of sp³-hybridized carbons (Fsp3) is 0.294. The molecule has 0 unspecified atom stereocenters. The quantitative estimate of drug-likeness (QED) is 0.714. The lowest BCUT2D eigenvalue weighted by atomic mass is 10.2. The summed E-state index contributed by atoms with van der Waals surface area (Å²) in [5.74, 6) is 1.13. The average molecular weight is 322 g/mol. The van der Waals surface area contributed by atoms with E-state index >= 15 is 0 Å². The molecule has 1 aliphatic rings. The lowest BCUT2D eigenvalue weighted by Gasteiger charge is -2.35. The second kappa shape index (κ2) is 5.92. The van der Waals surface area contributed by atoms with E-state index in [-0.39, 0.29) is 5.91 Å². The summed E-state index contributed by atoms with van der Waals surface area (Å²) in [6, 6.07) is 7.86. The van der Waals surface area contributed by atoms with Gasteiger partial charge in [0.05, 0.1) is 11.9 Å². The zero-order valence-electron chi connectivity index (χ0n) is 13.5. The van der Waals surface area contributed by atoms with E-state index in [0.29, 0.717) is 0 Å². The molecule has 0 N–H and O–H groups in total. The van der Waals surface area contributed by atoms with Gasteiger partial charge in [-0.2, -0.15) is 9.61 Å². The maximum atomic E-state index is 11.5. The van der Waals surface area contributed by atoms with Gasteiger partial charge < -0.3 is 9.80 Å². The Morgan fingerprint density at radius 2 is 1.79 bits per heavy atom. The molecule has 0 atom stereocenters. The predicted octanol–water partition coefficient (Wildman–Crippen LogP) is 1.46. The number of carbonyl (C=O) groups excluding carboxylic acids is 1. The molecule has 0 aliphatic carbocycles. The molecule has 0 spiro atoms. The first-order valence-corrected chi connectivity index (χ1v) is 7.98. The number of hydrogen-bond acceptors (Lipinski definition) is 5. The second-order valence-corrected chi connectivity index (χ2v) is 5.83. The van der Waals surface area contributed by atoms with Crippen LogP contribution in [0.5, 0.6) is 0 Å². The third-order valence-corrected chi connectivity index (χ3v) is 4.37. The number of nitrogens with zero attached hydrogens (tertiary/aromatic N) is 6. The minimum atomic E-state index is 0.131. The van der Waals surface area contributed by atoms with Crippen molar-refractivity contribution in [1.82, 2.24) is 24.5 Å². The molecule has 4 heterocycles. The number of rotatable bonds is 2. The van der Waals surface area contributed by atoms with Crippen molar-refractivity contribution in [2.75, 3.05) is 31.1 Å². The van der Waals surface area contributed by atoms with E-state index in [9.17, 15) is 4.79 Å². The van der Waals surface area contributed by atoms with Gasteiger partial charge in [0, 0.05) is 63.2 Å². The zero-order valence-corrected chi connectivity index (χ0v) is 13.5. The number of aromatic nitrogens is 4. The van der Waals surface area contributed by atoms with Crippen molar-refractivity contribution >= 4 is 17.4 Å². The highest BCUT2D eigenvalue weighted by Gasteiger charge is 2.21. The van der Waals surface area contributed by atoms with Gasteiger partial charge in [-0.15, -0.1) is 0 Å². The number of fused-ring (bicyclic) bond motifs is 1. The van der Waals surface area contributed by atoms with E-state index in [1.807, 2.05) is 27.6 Å². The Bertz CT molecular complexity index is 867. The van der Waals surface area contributed by atoms with Gasteiger partial charge in [-0.3, -0.25) is 9.78 Å². The number of amides is 1. The summed E-state index contributed by atoms with van der Waals surface area (Å²) in [5.41, 5.74) is 2.74. The summed E-state index contributed by atoms with van der Waals surface area (Å²) in [7, 11) is 0. The number of pyridine rings is 1. The number of piperazine rings is 1.